The molecule has 2 rings (SSSR count). The van der Waals surface area contributed by atoms with Crippen LogP contribution in [0, 0.1) is 6.92 Å². The van der Waals surface area contributed by atoms with Gasteiger partial charge in [-0.2, -0.15) is 5.10 Å². The van der Waals surface area contributed by atoms with Crippen LogP contribution in [-0.2, 0) is 0 Å². The SMILES string of the molecule is CCCN(C)c1cc(/C=N/Nc2cccc(C)c2)nc(OCC)c1. The summed E-state index contributed by atoms with van der Waals surface area (Å²) >= 11 is 0. The highest BCUT2D eigenvalue weighted by atomic mass is 16.5. The van der Waals surface area contributed by atoms with Crippen LogP contribution in [0.4, 0.5) is 11.4 Å². The molecule has 0 aliphatic carbocycles. The molecule has 0 spiro atoms. The quantitative estimate of drug-likeness (QED) is 0.586. The van der Waals surface area contributed by atoms with Crippen LogP contribution >= 0.6 is 0 Å². The molecule has 0 aliphatic rings. The van der Waals surface area contributed by atoms with Crippen molar-refractivity contribution >= 4 is 17.6 Å². The molecule has 1 aromatic carbocycles. The number of ether oxygens (including phenoxy) is 1. The zero-order valence-corrected chi connectivity index (χ0v) is 14.9. The number of hydrogen-bond donors (Lipinski definition) is 1. The van der Waals surface area contributed by atoms with E-state index in [4.69, 9.17) is 4.74 Å². The molecule has 1 heterocycles. The Morgan fingerprint density at radius 1 is 1.25 bits per heavy atom. The number of hydrazone groups is 1. The van der Waals surface area contributed by atoms with Crippen molar-refractivity contribution in [2.45, 2.75) is 27.2 Å². The highest BCUT2D eigenvalue weighted by Gasteiger charge is 2.06. The topological polar surface area (TPSA) is 49.8 Å². The first kappa shape index (κ1) is 17.8. The van der Waals surface area contributed by atoms with Crippen LogP contribution in [0.3, 0.4) is 0 Å². The predicted molar refractivity (Wildman–Crippen MR) is 101 cm³/mol. The minimum absolute atomic E-state index is 0.589. The van der Waals surface area contributed by atoms with Crippen LogP contribution in [-0.4, -0.2) is 31.4 Å². The number of nitrogens with one attached hydrogen (secondary N) is 1. The summed E-state index contributed by atoms with van der Waals surface area (Å²) in [6, 6.07) is 12.1. The first-order valence-electron chi connectivity index (χ1n) is 8.34. The van der Waals surface area contributed by atoms with Gasteiger partial charge in [-0.3, -0.25) is 5.43 Å². The molecule has 5 heteroatoms. The van der Waals surface area contributed by atoms with Crippen molar-refractivity contribution in [2.24, 2.45) is 5.10 Å². The van der Waals surface area contributed by atoms with Crippen LogP contribution in [0.5, 0.6) is 5.88 Å². The molecule has 0 aliphatic heterocycles. The molecular weight excluding hydrogens is 300 g/mol. The fourth-order valence-corrected chi connectivity index (χ4v) is 2.37. The number of hydrogen-bond acceptors (Lipinski definition) is 5. The van der Waals surface area contributed by atoms with Crippen molar-refractivity contribution in [3.63, 3.8) is 0 Å². The summed E-state index contributed by atoms with van der Waals surface area (Å²) in [4.78, 5) is 6.67. The summed E-state index contributed by atoms with van der Waals surface area (Å²) in [5.74, 6) is 0.620. The van der Waals surface area contributed by atoms with Crippen molar-refractivity contribution < 1.29 is 4.74 Å². The second-order valence-corrected chi connectivity index (χ2v) is 5.68. The maximum Gasteiger partial charge on any atom is 0.215 e. The molecule has 0 unspecified atom stereocenters. The molecule has 1 aromatic heterocycles. The average Bonchev–Trinajstić information content (AvgIpc) is 2.55. The lowest BCUT2D eigenvalue weighted by Gasteiger charge is -2.19. The molecule has 5 nitrogen and oxygen atoms in total. The van der Waals surface area contributed by atoms with E-state index in [2.05, 4.69) is 47.4 Å². The number of benzene rings is 1. The number of nitrogens with zero attached hydrogens (tertiary/aromatic N) is 3. The largest absolute Gasteiger partial charge is 0.478 e. The van der Waals surface area contributed by atoms with Gasteiger partial charge in [-0.1, -0.05) is 19.1 Å². The molecule has 2 aromatic rings. The summed E-state index contributed by atoms with van der Waals surface area (Å²) in [6.45, 7) is 7.74. The van der Waals surface area contributed by atoms with Crippen LogP contribution in [0.25, 0.3) is 0 Å². The first-order chi connectivity index (χ1) is 11.6. The highest BCUT2D eigenvalue weighted by molar-refractivity contribution is 5.80. The molecular formula is C19H26N4O. The van der Waals surface area contributed by atoms with Gasteiger partial charge < -0.3 is 9.64 Å². The number of aromatic nitrogens is 1. The van der Waals surface area contributed by atoms with Crippen LogP contribution in [0.2, 0.25) is 0 Å². The third-order valence-electron chi connectivity index (χ3n) is 3.51. The Hall–Kier alpha value is -2.56. The molecule has 0 fully saturated rings. The van der Waals surface area contributed by atoms with Gasteiger partial charge >= 0.3 is 0 Å². The fraction of sp³-hybridized carbons (Fsp3) is 0.368. The molecule has 1 N–H and O–H groups in total. The Morgan fingerprint density at radius 2 is 2.08 bits per heavy atom. The number of rotatable bonds is 8. The molecule has 24 heavy (non-hydrogen) atoms. The highest BCUT2D eigenvalue weighted by Crippen LogP contribution is 2.20. The van der Waals surface area contributed by atoms with E-state index in [0.717, 1.165) is 30.0 Å². The molecule has 0 radical (unpaired) electrons. The van der Waals surface area contributed by atoms with E-state index in [-0.39, 0.29) is 0 Å². The van der Waals surface area contributed by atoms with Gasteiger partial charge in [0.2, 0.25) is 5.88 Å². The van der Waals surface area contributed by atoms with Gasteiger partial charge in [-0.25, -0.2) is 4.98 Å². The third kappa shape index (κ3) is 5.26. The number of anilines is 2. The van der Waals surface area contributed by atoms with Crippen molar-refractivity contribution in [1.82, 2.24) is 4.98 Å². The Kier molecular flexibility index (Phi) is 6.61. The smallest absolute Gasteiger partial charge is 0.215 e. The van der Waals surface area contributed by atoms with E-state index in [1.54, 1.807) is 6.21 Å². The lowest BCUT2D eigenvalue weighted by atomic mass is 10.2. The van der Waals surface area contributed by atoms with Gasteiger partial charge in [0.25, 0.3) is 0 Å². The van der Waals surface area contributed by atoms with Gasteiger partial charge in [0.05, 0.1) is 24.2 Å². The molecule has 0 amide bonds. The Balaban J connectivity index is 2.16. The fourth-order valence-electron chi connectivity index (χ4n) is 2.37. The summed E-state index contributed by atoms with van der Waals surface area (Å²) in [5.41, 5.74) is 7.02. The third-order valence-corrected chi connectivity index (χ3v) is 3.51. The Labute approximate surface area is 144 Å². The maximum absolute atomic E-state index is 5.58. The number of pyridine rings is 1. The van der Waals surface area contributed by atoms with Crippen molar-refractivity contribution in [3.8, 4) is 5.88 Å². The zero-order valence-electron chi connectivity index (χ0n) is 14.9. The Morgan fingerprint density at radius 3 is 2.79 bits per heavy atom. The van der Waals surface area contributed by atoms with Crippen molar-refractivity contribution in [2.75, 3.05) is 30.5 Å². The zero-order chi connectivity index (χ0) is 17.4. The summed E-state index contributed by atoms with van der Waals surface area (Å²) in [6.07, 6.45) is 2.80. The molecule has 0 bridgehead atoms. The molecule has 0 atom stereocenters. The van der Waals surface area contributed by atoms with Crippen LogP contribution in [0.1, 0.15) is 31.5 Å². The minimum Gasteiger partial charge on any atom is -0.478 e. The lowest BCUT2D eigenvalue weighted by Crippen LogP contribution is -2.18. The minimum atomic E-state index is 0.589. The Bertz CT molecular complexity index is 685. The monoisotopic (exact) mass is 326 g/mol. The maximum atomic E-state index is 5.58. The van der Waals surface area contributed by atoms with Gasteiger partial charge in [0, 0.05) is 25.3 Å². The van der Waals surface area contributed by atoms with E-state index in [0.29, 0.717) is 12.5 Å². The summed E-state index contributed by atoms with van der Waals surface area (Å²) < 4.78 is 5.58. The summed E-state index contributed by atoms with van der Waals surface area (Å²) in [7, 11) is 2.07. The van der Waals surface area contributed by atoms with Crippen LogP contribution in [0.15, 0.2) is 41.5 Å². The summed E-state index contributed by atoms with van der Waals surface area (Å²) in [5, 5.41) is 4.29. The molecule has 0 saturated carbocycles. The molecule has 0 saturated heterocycles. The van der Waals surface area contributed by atoms with E-state index < -0.39 is 0 Å². The van der Waals surface area contributed by atoms with Gasteiger partial charge in [0.1, 0.15) is 0 Å². The van der Waals surface area contributed by atoms with Crippen molar-refractivity contribution in [3.05, 3.63) is 47.7 Å². The predicted octanol–water partition coefficient (Wildman–Crippen LogP) is 4.08. The van der Waals surface area contributed by atoms with Gasteiger partial charge in [-0.15, -0.1) is 0 Å². The second-order valence-electron chi connectivity index (χ2n) is 5.68. The second kappa shape index (κ2) is 8.91. The van der Waals surface area contributed by atoms with Gasteiger partial charge in [-0.05, 0) is 44.0 Å². The number of aryl methyl sites for hydroxylation is 1. The normalized spacial score (nSPS) is 10.8. The first-order valence-corrected chi connectivity index (χ1v) is 8.34. The van der Waals surface area contributed by atoms with E-state index in [9.17, 15) is 0 Å². The van der Waals surface area contributed by atoms with E-state index in [1.807, 2.05) is 37.3 Å². The molecule has 128 valence electrons. The van der Waals surface area contributed by atoms with E-state index >= 15 is 0 Å². The van der Waals surface area contributed by atoms with E-state index in [1.165, 1.54) is 5.56 Å². The average molecular weight is 326 g/mol. The van der Waals surface area contributed by atoms with Crippen LogP contribution < -0.4 is 15.1 Å². The lowest BCUT2D eigenvalue weighted by molar-refractivity contribution is 0.327. The van der Waals surface area contributed by atoms with Crippen molar-refractivity contribution in [1.29, 1.82) is 0 Å². The van der Waals surface area contributed by atoms with Gasteiger partial charge in [0.15, 0.2) is 0 Å². The standard InChI is InChI=1S/C19H26N4O/c1-5-10-23(4)18-12-17(21-19(13-18)24-6-2)14-20-22-16-9-7-8-15(3)11-16/h7-9,11-14,22H,5-6,10H2,1-4H3/b20-14+.